The van der Waals surface area contributed by atoms with Gasteiger partial charge in [-0.25, -0.2) is 14.4 Å². The largest absolute Gasteiger partial charge is 0.435 e. The molecule has 0 radical (unpaired) electrons. The van der Waals surface area contributed by atoms with Crippen LogP contribution in [0.4, 0.5) is 23.4 Å². The number of piperidine rings is 1. The quantitative estimate of drug-likeness (QED) is 0.648. The fourth-order valence-corrected chi connectivity index (χ4v) is 3.32. The molecule has 136 valence electrons. The minimum Gasteiger partial charge on any atom is -0.354 e. The maximum absolute atomic E-state index is 13.6. The van der Waals surface area contributed by atoms with Gasteiger partial charge in [-0.15, -0.1) is 0 Å². The van der Waals surface area contributed by atoms with Gasteiger partial charge in [0.15, 0.2) is 5.69 Å². The van der Waals surface area contributed by atoms with Crippen LogP contribution in [0.1, 0.15) is 24.6 Å². The fraction of sp³-hybridized carbons (Fsp3) is 0.353. The molecular formula is C17H15F4N5. The van der Waals surface area contributed by atoms with E-state index < -0.39 is 11.9 Å². The van der Waals surface area contributed by atoms with Gasteiger partial charge in [-0.2, -0.15) is 18.3 Å². The molecule has 1 aromatic carbocycles. The standard InChI is InChI=1S/C17H15F4N5/c18-11-3-4-14-13(8-11)16(23-10-22-14)25-6-1-2-12(9-25)26-7-5-15(24-26)17(19,20)21/h3-5,7-8,10,12H,1-2,6,9H2. The van der Waals surface area contributed by atoms with Crippen LogP contribution in [0.15, 0.2) is 36.8 Å². The van der Waals surface area contributed by atoms with E-state index in [4.69, 9.17) is 0 Å². The molecule has 1 atom stereocenters. The Bertz CT molecular complexity index is 936. The molecule has 5 nitrogen and oxygen atoms in total. The summed E-state index contributed by atoms with van der Waals surface area (Å²) >= 11 is 0. The molecule has 0 aliphatic carbocycles. The van der Waals surface area contributed by atoms with Crippen LogP contribution in [0.5, 0.6) is 0 Å². The molecular weight excluding hydrogens is 350 g/mol. The number of hydrogen-bond acceptors (Lipinski definition) is 4. The fourth-order valence-electron chi connectivity index (χ4n) is 3.32. The number of aromatic nitrogens is 4. The molecule has 3 heterocycles. The smallest absolute Gasteiger partial charge is 0.354 e. The molecule has 4 rings (SSSR count). The second-order valence-electron chi connectivity index (χ2n) is 6.28. The van der Waals surface area contributed by atoms with E-state index in [9.17, 15) is 17.6 Å². The first-order chi connectivity index (χ1) is 12.4. The van der Waals surface area contributed by atoms with Crippen molar-refractivity contribution in [3.05, 3.63) is 48.3 Å². The third-order valence-corrected chi connectivity index (χ3v) is 4.55. The summed E-state index contributed by atoms with van der Waals surface area (Å²) in [5, 5.41) is 4.27. The lowest BCUT2D eigenvalue weighted by atomic mass is 10.1. The maximum atomic E-state index is 13.6. The Labute approximate surface area is 146 Å². The number of alkyl halides is 3. The molecule has 2 aromatic heterocycles. The van der Waals surface area contributed by atoms with E-state index in [1.54, 1.807) is 6.07 Å². The van der Waals surface area contributed by atoms with Crippen molar-refractivity contribution in [1.82, 2.24) is 19.7 Å². The molecule has 0 N–H and O–H groups in total. The zero-order valence-electron chi connectivity index (χ0n) is 13.6. The van der Waals surface area contributed by atoms with E-state index in [2.05, 4.69) is 15.1 Å². The molecule has 0 saturated carbocycles. The van der Waals surface area contributed by atoms with Gasteiger partial charge in [0.25, 0.3) is 0 Å². The number of anilines is 1. The molecule has 0 spiro atoms. The molecule has 3 aromatic rings. The molecule has 1 saturated heterocycles. The van der Waals surface area contributed by atoms with Crippen molar-refractivity contribution in [2.24, 2.45) is 0 Å². The molecule has 1 aliphatic rings. The van der Waals surface area contributed by atoms with E-state index in [0.29, 0.717) is 36.2 Å². The monoisotopic (exact) mass is 365 g/mol. The molecule has 1 aliphatic heterocycles. The topological polar surface area (TPSA) is 46.8 Å². The van der Waals surface area contributed by atoms with E-state index in [1.807, 2.05) is 4.90 Å². The van der Waals surface area contributed by atoms with E-state index in [1.165, 1.54) is 29.3 Å². The Morgan fingerprint density at radius 1 is 1.12 bits per heavy atom. The third-order valence-electron chi connectivity index (χ3n) is 4.55. The van der Waals surface area contributed by atoms with Crippen molar-refractivity contribution >= 4 is 16.7 Å². The predicted molar refractivity (Wildman–Crippen MR) is 87.2 cm³/mol. The molecule has 0 amide bonds. The number of fused-ring (bicyclic) bond motifs is 1. The Morgan fingerprint density at radius 3 is 2.73 bits per heavy atom. The van der Waals surface area contributed by atoms with Crippen LogP contribution in [-0.2, 0) is 6.18 Å². The summed E-state index contributed by atoms with van der Waals surface area (Å²) in [6.45, 7) is 1.13. The van der Waals surface area contributed by atoms with Crippen LogP contribution in [-0.4, -0.2) is 32.8 Å². The minimum absolute atomic E-state index is 0.210. The highest BCUT2D eigenvalue weighted by atomic mass is 19.4. The first kappa shape index (κ1) is 16.7. The van der Waals surface area contributed by atoms with Gasteiger partial charge in [0.05, 0.1) is 11.6 Å². The summed E-state index contributed by atoms with van der Waals surface area (Å²) in [5.41, 5.74) is -0.277. The van der Waals surface area contributed by atoms with E-state index in [-0.39, 0.29) is 11.9 Å². The van der Waals surface area contributed by atoms with Crippen molar-refractivity contribution in [3.63, 3.8) is 0 Å². The van der Waals surface area contributed by atoms with Crippen LogP contribution in [0, 0.1) is 5.82 Å². The molecule has 1 unspecified atom stereocenters. The van der Waals surface area contributed by atoms with Crippen molar-refractivity contribution in [1.29, 1.82) is 0 Å². The highest BCUT2D eigenvalue weighted by Crippen LogP contribution is 2.31. The average molecular weight is 365 g/mol. The van der Waals surface area contributed by atoms with Gasteiger partial charge in [-0.1, -0.05) is 0 Å². The maximum Gasteiger partial charge on any atom is 0.435 e. The SMILES string of the molecule is Fc1ccc2ncnc(N3CCCC(n4ccc(C(F)(F)F)n4)C3)c2c1. The number of hydrogen-bond donors (Lipinski definition) is 0. The van der Waals surface area contributed by atoms with Crippen LogP contribution >= 0.6 is 0 Å². The Balaban J connectivity index is 1.63. The van der Waals surface area contributed by atoms with Gasteiger partial charge in [0.1, 0.15) is 18.0 Å². The van der Waals surface area contributed by atoms with Gasteiger partial charge in [0.2, 0.25) is 0 Å². The summed E-state index contributed by atoms with van der Waals surface area (Å²) in [7, 11) is 0. The summed E-state index contributed by atoms with van der Waals surface area (Å²) in [6, 6.07) is 5.07. The normalized spacial score (nSPS) is 18.5. The van der Waals surface area contributed by atoms with Gasteiger partial charge in [0, 0.05) is 24.7 Å². The average Bonchev–Trinajstić information content (AvgIpc) is 3.12. The van der Waals surface area contributed by atoms with Gasteiger partial charge < -0.3 is 4.90 Å². The third kappa shape index (κ3) is 3.09. The van der Waals surface area contributed by atoms with Gasteiger partial charge in [-0.3, -0.25) is 4.68 Å². The van der Waals surface area contributed by atoms with Crippen LogP contribution in [0.3, 0.4) is 0 Å². The van der Waals surface area contributed by atoms with Crippen molar-refractivity contribution in [2.45, 2.75) is 25.1 Å². The molecule has 0 bridgehead atoms. The minimum atomic E-state index is -4.46. The van der Waals surface area contributed by atoms with Crippen molar-refractivity contribution in [2.75, 3.05) is 18.0 Å². The second kappa shape index (κ2) is 6.22. The predicted octanol–water partition coefficient (Wildman–Crippen LogP) is 3.83. The summed E-state index contributed by atoms with van der Waals surface area (Å²) < 4.78 is 53.4. The van der Waals surface area contributed by atoms with Crippen molar-refractivity contribution in [3.8, 4) is 0 Å². The van der Waals surface area contributed by atoms with E-state index >= 15 is 0 Å². The van der Waals surface area contributed by atoms with Crippen LogP contribution < -0.4 is 4.90 Å². The summed E-state index contributed by atoms with van der Waals surface area (Å²) in [6.07, 6.45) is -0.205. The zero-order valence-corrected chi connectivity index (χ0v) is 13.6. The Kier molecular flexibility index (Phi) is 4.01. The second-order valence-corrected chi connectivity index (χ2v) is 6.28. The highest BCUT2D eigenvalue weighted by Gasteiger charge is 2.34. The van der Waals surface area contributed by atoms with E-state index in [0.717, 1.165) is 12.5 Å². The number of halogens is 4. The molecule has 9 heteroatoms. The zero-order chi connectivity index (χ0) is 18.3. The Hall–Kier alpha value is -2.71. The number of nitrogens with zero attached hydrogens (tertiary/aromatic N) is 5. The lowest BCUT2D eigenvalue weighted by molar-refractivity contribution is -0.141. The Morgan fingerprint density at radius 2 is 1.96 bits per heavy atom. The molecule has 1 fully saturated rings. The highest BCUT2D eigenvalue weighted by molar-refractivity contribution is 5.89. The van der Waals surface area contributed by atoms with Crippen LogP contribution in [0.2, 0.25) is 0 Å². The first-order valence-electron chi connectivity index (χ1n) is 8.19. The number of rotatable bonds is 2. The lowest BCUT2D eigenvalue weighted by Gasteiger charge is -2.34. The van der Waals surface area contributed by atoms with Gasteiger partial charge >= 0.3 is 6.18 Å². The summed E-state index contributed by atoms with van der Waals surface area (Å²) in [5.74, 6) is 0.200. The van der Waals surface area contributed by atoms with Crippen LogP contribution in [0.25, 0.3) is 10.9 Å². The molecule has 26 heavy (non-hydrogen) atoms. The van der Waals surface area contributed by atoms with Gasteiger partial charge in [-0.05, 0) is 37.1 Å². The first-order valence-corrected chi connectivity index (χ1v) is 8.19. The summed E-state index contributed by atoms with van der Waals surface area (Å²) in [4.78, 5) is 10.4. The van der Waals surface area contributed by atoms with Crippen molar-refractivity contribution < 1.29 is 17.6 Å². The lowest BCUT2D eigenvalue weighted by Crippen LogP contribution is -2.37. The number of benzene rings is 1.